The van der Waals surface area contributed by atoms with Gasteiger partial charge in [-0.15, -0.1) is 0 Å². The molecule has 4 aliphatic heterocycles. The van der Waals surface area contributed by atoms with E-state index in [1.165, 1.54) is 7.11 Å². The normalized spacial score (nSPS) is 32.8. The van der Waals surface area contributed by atoms with Crippen molar-refractivity contribution >= 4 is 29.3 Å². The number of fused-ring (bicyclic) bond motifs is 1. The highest BCUT2D eigenvalue weighted by Crippen LogP contribution is 2.47. The molecule has 12 nitrogen and oxygen atoms in total. The topological polar surface area (TPSA) is 111 Å². The summed E-state index contributed by atoms with van der Waals surface area (Å²) in [4.78, 5) is 0. The first-order chi connectivity index (χ1) is 26.3. The van der Waals surface area contributed by atoms with Crippen LogP contribution in [0.4, 0.5) is 0 Å². The number of ether oxygens (including phenoxy) is 10. The Morgan fingerprint density at radius 1 is 0.691 bits per heavy atom. The molecular weight excluding hydrogens is 771 g/mol. The van der Waals surface area contributed by atoms with Gasteiger partial charge in [0, 0.05) is 7.11 Å². The fraction of sp³-hybridized carbons (Fsp3) is 0.550. The van der Waals surface area contributed by atoms with E-state index < -0.39 is 73.6 Å². The van der Waals surface area contributed by atoms with Gasteiger partial charge in [0.25, 0.3) is 0 Å². The van der Waals surface area contributed by atoms with Crippen LogP contribution in [0.15, 0.2) is 91.0 Å². The van der Waals surface area contributed by atoms with Gasteiger partial charge in [-0.3, -0.25) is 0 Å². The van der Waals surface area contributed by atoms with Gasteiger partial charge in [0.1, 0.15) is 49.3 Å². The maximum atomic E-state index is 7.27. The van der Waals surface area contributed by atoms with E-state index in [0.717, 1.165) is 16.7 Å². The van der Waals surface area contributed by atoms with Crippen molar-refractivity contribution < 1.29 is 56.2 Å². The second-order valence-electron chi connectivity index (χ2n) is 14.9. The maximum absolute atomic E-state index is 7.27. The lowest BCUT2D eigenvalue weighted by molar-refractivity contribution is -0.327. The molecule has 4 heterocycles. The van der Waals surface area contributed by atoms with Crippen LogP contribution in [0.2, 0.25) is 0 Å². The van der Waals surface area contributed by atoms with Gasteiger partial charge in [0.05, 0.1) is 33.0 Å². The zero-order valence-electron chi connectivity index (χ0n) is 31.7. The third-order valence-corrected chi connectivity index (χ3v) is 12.0. The number of halogens is 2. The van der Waals surface area contributed by atoms with Gasteiger partial charge in [0.15, 0.2) is 17.9 Å². The molecule has 55 heavy (non-hydrogen) atoms. The van der Waals surface area contributed by atoms with Gasteiger partial charge >= 0.3 is 7.18 Å². The van der Waals surface area contributed by atoms with Crippen LogP contribution in [-0.4, -0.2) is 100 Å². The fourth-order valence-electron chi connectivity index (χ4n) is 7.37. The third kappa shape index (κ3) is 10.2. The summed E-state index contributed by atoms with van der Waals surface area (Å²) in [5.41, 5.74) is 2.87. The predicted molar refractivity (Wildman–Crippen MR) is 203 cm³/mol. The molecule has 0 amide bonds. The van der Waals surface area contributed by atoms with E-state index in [-0.39, 0.29) is 33.0 Å². The maximum Gasteiger partial charge on any atom is 0.552 e. The summed E-state index contributed by atoms with van der Waals surface area (Å²) in [5, 5.41) is 0. The summed E-state index contributed by atoms with van der Waals surface area (Å²) in [7, 11) is -2.76. The second-order valence-corrected chi connectivity index (χ2v) is 19.9. The minimum Gasteiger partial charge on any atom is -0.374 e. The second kappa shape index (κ2) is 17.5. The van der Waals surface area contributed by atoms with Crippen LogP contribution in [-0.2, 0) is 76.0 Å². The van der Waals surface area contributed by atoms with Gasteiger partial charge in [-0.2, -0.15) is 0 Å². The Bertz CT molecular complexity index is 1660. The molecule has 0 bridgehead atoms. The number of hydrogen-bond donors (Lipinski definition) is 0. The van der Waals surface area contributed by atoms with Gasteiger partial charge in [-0.25, -0.2) is 0 Å². The molecule has 4 saturated heterocycles. The zero-order valence-corrected chi connectivity index (χ0v) is 34.2. The van der Waals surface area contributed by atoms with Crippen LogP contribution in [0.25, 0.3) is 0 Å². The molecule has 300 valence electrons. The molecule has 3 aromatic carbocycles. The van der Waals surface area contributed by atoms with Crippen molar-refractivity contribution in [2.24, 2.45) is 0 Å². The molecule has 4 aliphatic rings. The van der Waals surface area contributed by atoms with Crippen molar-refractivity contribution in [3.63, 3.8) is 0 Å². The van der Waals surface area contributed by atoms with Crippen molar-refractivity contribution in [3.8, 4) is 0 Å². The van der Waals surface area contributed by atoms with Gasteiger partial charge in [-0.1, -0.05) is 113 Å². The van der Waals surface area contributed by atoms with Crippen molar-refractivity contribution in [2.75, 3.05) is 26.9 Å². The zero-order chi connectivity index (χ0) is 38.7. The number of hydrogen-bond acceptors (Lipinski definition) is 12. The lowest BCUT2D eigenvalue weighted by atomic mass is 9.97. The molecule has 1 spiro atoms. The smallest absolute Gasteiger partial charge is 0.374 e. The molecule has 0 aromatic heterocycles. The number of rotatable bonds is 15. The molecule has 7 rings (SSSR count). The molecule has 0 radical (unpaired) electrons. The van der Waals surface area contributed by atoms with E-state index in [2.05, 4.69) is 0 Å². The first kappa shape index (κ1) is 41.1. The average Bonchev–Trinajstić information content (AvgIpc) is 3.66. The van der Waals surface area contributed by atoms with Crippen molar-refractivity contribution in [3.05, 3.63) is 108 Å². The summed E-state index contributed by atoms with van der Waals surface area (Å²) in [6.45, 7) is 8.35. The SMILES string of the molecule is CO[C@H]1O[C@H](COCc2ccccc2)[C@@H](OCc2ccccc2)[C@H](O[Si](Cl)(Cl)O[C@H]2[C@@H]3OC(C)(C)O[C@@H]3CO[C@]23COC(C)(C)O3)[C@H]1OCc1ccccc1. The molecule has 9 atom stereocenters. The largest absolute Gasteiger partial charge is 0.552 e. The summed E-state index contributed by atoms with van der Waals surface area (Å²) >= 11 is 14.5. The van der Waals surface area contributed by atoms with Crippen LogP contribution < -0.4 is 0 Å². The Balaban J connectivity index is 1.20. The lowest BCUT2D eigenvalue weighted by Gasteiger charge is -2.48. The van der Waals surface area contributed by atoms with Crippen molar-refractivity contribution in [1.82, 2.24) is 0 Å². The molecular formula is C40H50Cl2O12Si. The Morgan fingerprint density at radius 3 is 1.84 bits per heavy atom. The molecule has 0 N–H and O–H groups in total. The highest BCUT2D eigenvalue weighted by Gasteiger charge is 2.66. The highest BCUT2D eigenvalue weighted by atomic mass is 35.7. The van der Waals surface area contributed by atoms with Crippen LogP contribution >= 0.6 is 22.2 Å². The van der Waals surface area contributed by atoms with Crippen molar-refractivity contribution in [2.45, 2.75) is 114 Å². The standard InChI is InChI=1S/C40H50Cl2O12Si/c1-38(2)48-26-40(54-38)36(33-31(25-47-40)50-39(3,4)51-33)53-55(41,42)52-34-32(45-22-28-17-11-7-12-18-28)30(24-44-21-27-15-9-6-10-16-27)49-37(43-5)35(34)46-23-29-19-13-8-14-20-29/h6-20,30-37H,21-26H2,1-5H3/t30-,31-,32-,33-,34+,35-,36+,37+,40+/m1/s1. The quantitative estimate of drug-likeness (QED) is 0.124. The molecule has 0 saturated carbocycles. The Morgan fingerprint density at radius 2 is 1.27 bits per heavy atom. The van der Waals surface area contributed by atoms with E-state index in [1.807, 2.05) is 105 Å². The van der Waals surface area contributed by atoms with Crippen LogP contribution in [0.5, 0.6) is 0 Å². The fourth-order valence-corrected chi connectivity index (χ4v) is 9.81. The van der Waals surface area contributed by atoms with E-state index >= 15 is 0 Å². The van der Waals surface area contributed by atoms with E-state index in [9.17, 15) is 0 Å². The number of methoxy groups -OCH3 is 1. The minimum absolute atomic E-state index is 0.0331. The summed E-state index contributed by atoms with van der Waals surface area (Å²) in [6, 6.07) is 29.4. The minimum atomic E-state index is -4.30. The van der Waals surface area contributed by atoms with E-state index in [4.69, 9.17) is 78.4 Å². The molecule has 0 unspecified atom stereocenters. The highest BCUT2D eigenvalue weighted by molar-refractivity contribution is 7.39. The number of benzene rings is 3. The van der Waals surface area contributed by atoms with Gasteiger partial charge < -0.3 is 56.2 Å². The predicted octanol–water partition coefficient (Wildman–Crippen LogP) is 6.46. The average molecular weight is 822 g/mol. The molecule has 4 fully saturated rings. The van der Waals surface area contributed by atoms with E-state index in [0.29, 0.717) is 6.61 Å². The molecule has 3 aromatic rings. The summed E-state index contributed by atoms with van der Waals surface area (Å²) in [6.07, 6.45) is -6.50. The first-order valence-corrected chi connectivity index (χ1v) is 22.4. The van der Waals surface area contributed by atoms with Crippen molar-refractivity contribution in [1.29, 1.82) is 0 Å². The first-order valence-electron chi connectivity index (χ1n) is 18.5. The van der Waals surface area contributed by atoms with Crippen LogP contribution in [0, 0.1) is 0 Å². The lowest BCUT2D eigenvalue weighted by Crippen LogP contribution is -2.67. The molecule has 0 aliphatic carbocycles. The summed E-state index contributed by atoms with van der Waals surface area (Å²) < 4.78 is 76.8. The van der Waals surface area contributed by atoms with Crippen LogP contribution in [0.3, 0.4) is 0 Å². The Labute approximate surface area is 333 Å². The van der Waals surface area contributed by atoms with Crippen LogP contribution in [0.1, 0.15) is 44.4 Å². The summed E-state index contributed by atoms with van der Waals surface area (Å²) in [5.74, 6) is -3.33. The van der Waals surface area contributed by atoms with Gasteiger partial charge in [0.2, 0.25) is 5.79 Å². The Kier molecular flexibility index (Phi) is 13.1. The molecule has 15 heteroatoms. The third-order valence-electron chi connectivity index (χ3n) is 9.81. The van der Waals surface area contributed by atoms with E-state index in [1.54, 1.807) is 13.8 Å². The van der Waals surface area contributed by atoms with Gasteiger partial charge in [-0.05, 0) is 44.4 Å². The monoisotopic (exact) mass is 820 g/mol. The Hall–Kier alpha value is -2.02.